The predicted molar refractivity (Wildman–Crippen MR) is 174 cm³/mol. The SMILES string of the molecule is CNc1ncnc2c1ccn2C(=S)N[C@@H](CCCCNC(=O)C1OC(OC2C(O)C(CO)OC(O)C2NC(C)=O)C(O)C(O)C1O)C(=O)OC. The van der Waals surface area contributed by atoms with E-state index in [1.165, 1.54) is 13.4 Å². The minimum absolute atomic E-state index is 0.0491. The number of rotatable bonds is 13. The van der Waals surface area contributed by atoms with Gasteiger partial charge < -0.3 is 70.9 Å². The van der Waals surface area contributed by atoms with E-state index in [0.717, 1.165) is 12.3 Å². The molecule has 0 bridgehead atoms. The van der Waals surface area contributed by atoms with Gasteiger partial charge in [-0.25, -0.2) is 14.8 Å². The van der Waals surface area contributed by atoms with Gasteiger partial charge in [-0.1, -0.05) is 0 Å². The van der Waals surface area contributed by atoms with Gasteiger partial charge in [0.05, 0.1) is 19.1 Å². The molecule has 2 aliphatic rings. The molecular formula is C29H43N7O13S. The number of nitrogens with zero attached hydrogens (tertiary/aromatic N) is 3. The number of fused-ring (bicyclic) bond motifs is 1. The second-order valence-electron chi connectivity index (χ2n) is 11.7. The van der Waals surface area contributed by atoms with Gasteiger partial charge in [0.2, 0.25) is 5.91 Å². The first-order chi connectivity index (χ1) is 23.8. The maximum atomic E-state index is 13.0. The van der Waals surface area contributed by atoms with Gasteiger partial charge in [0.25, 0.3) is 5.91 Å². The summed E-state index contributed by atoms with van der Waals surface area (Å²) in [6.45, 7) is 0.433. The van der Waals surface area contributed by atoms with Crippen molar-refractivity contribution in [2.24, 2.45) is 0 Å². The number of aliphatic hydroxyl groups excluding tert-OH is 6. The molecule has 0 radical (unpaired) electrons. The second kappa shape index (κ2) is 17.5. The van der Waals surface area contributed by atoms with E-state index < -0.39 is 91.8 Å². The van der Waals surface area contributed by atoms with Gasteiger partial charge in [0.1, 0.15) is 60.9 Å². The van der Waals surface area contributed by atoms with Crippen molar-refractivity contribution in [1.82, 2.24) is 30.5 Å². The number of aliphatic hydroxyl groups is 6. The number of amides is 2. The Bertz CT molecular complexity index is 1500. The van der Waals surface area contributed by atoms with E-state index in [4.69, 9.17) is 31.2 Å². The van der Waals surface area contributed by atoms with E-state index in [1.54, 1.807) is 23.9 Å². The number of hydrogen-bond acceptors (Lipinski definition) is 17. The monoisotopic (exact) mass is 729 g/mol. The molecule has 0 spiro atoms. The zero-order chi connectivity index (χ0) is 36.7. The fraction of sp³-hybridized carbons (Fsp3) is 0.655. The summed E-state index contributed by atoms with van der Waals surface area (Å²) >= 11 is 5.53. The maximum Gasteiger partial charge on any atom is 0.328 e. The Labute approximate surface area is 291 Å². The average Bonchev–Trinajstić information content (AvgIpc) is 3.54. The smallest absolute Gasteiger partial charge is 0.328 e. The molecule has 278 valence electrons. The highest BCUT2D eigenvalue weighted by Gasteiger charge is 2.52. The third-order valence-corrected chi connectivity index (χ3v) is 8.62. The number of carbonyl (C=O) groups is 3. The van der Waals surface area contributed by atoms with Crippen molar-refractivity contribution in [1.29, 1.82) is 0 Å². The second-order valence-corrected chi connectivity index (χ2v) is 12.1. The lowest BCUT2D eigenvalue weighted by atomic mass is 9.95. The van der Waals surface area contributed by atoms with Gasteiger partial charge in [-0.3, -0.25) is 14.2 Å². The lowest BCUT2D eigenvalue weighted by Gasteiger charge is -2.46. The number of esters is 1. The van der Waals surface area contributed by atoms with Gasteiger partial charge in [-0.05, 0) is 37.5 Å². The first kappa shape index (κ1) is 39.2. The van der Waals surface area contributed by atoms with Crippen molar-refractivity contribution >= 4 is 52.0 Å². The third-order valence-electron chi connectivity index (χ3n) is 8.30. The molecule has 2 amide bonds. The van der Waals surface area contributed by atoms with Gasteiger partial charge in [0, 0.05) is 26.7 Å². The quantitative estimate of drug-likeness (QED) is 0.0531. The summed E-state index contributed by atoms with van der Waals surface area (Å²) in [6, 6.07) is -0.465. The molecule has 0 aromatic carbocycles. The number of hydrogen-bond donors (Lipinski definition) is 10. The number of aromatic nitrogens is 3. The fourth-order valence-corrected chi connectivity index (χ4v) is 5.97. The van der Waals surface area contributed by atoms with E-state index in [1.807, 2.05) is 0 Å². The molecule has 0 saturated carbocycles. The molecule has 4 heterocycles. The molecule has 10 N–H and O–H groups in total. The number of anilines is 1. The molecule has 0 aliphatic carbocycles. The van der Waals surface area contributed by atoms with Crippen molar-refractivity contribution in [3.05, 3.63) is 18.6 Å². The Hall–Kier alpha value is -3.64. The summed E-state index contributed by atoms with van der Waals surface area (Å²) in [5.74, 6) is -1.47. The van der Waals surface area contributed by atoms with E-state index in [0.29, 0.717) is 24.3 Å². The molecule has 20 nitrogen and oxygen atoms in total. The van der Waals surface area contributed by atoms with Crippen LogP contribution in [0, 0.1) is 0 Å². The topological polar surface area (TPSA) is 288 Å². The van der Waals surface area contributed by atoms with E-state index in [-0.39, 0.29) is 18.1 Å². The Kier molecular flexibility index (Phi) is 13.7. The van der Waals surface area contributed by atoms with Gasteiger partial charge in [-0.2, -0.15) is 0 Å². The minimum atomic E-state index is -1.94. The zero-order valence-electron chi connectivity index (χ0n) is 27.4. The molecule has 4 rings (SSSR count). The fourth-order valence-electron chi connectivity index (χ4n) is 5.68. The minimum Gasteiger partial charge on any atom is -0.467 e. The van der Waals surface area contributed by atoms with Crippen LogP contribution in [0.2, 0.25) is 0 Å². The summed E-state index contributed by atoms with van der Waals surface area (Å²) in [7, 11) is 2.96. The lowest BCUT2D eigenvalue weighted by molar-refractivity contribution is -0.335. The molecule has 2 aliphatic heterocycles. The highest BCUT2D eigenvalue weighted by molar-refractivity contribution is 7.80. The molecule has 10 unspecified atom stereocenters. The van der Waals surface area contributed by atoms with Gasteiger partial charge in [0.15, 0.2) is 29.4 Å². The Morgan fingerprint density at radius 3 is 2.46 bits per heavy atom. The highest BCUT2D eigenvalue weighted by atomic mass is 32.1. The van der Waals surface area contributed by atoms with Crippen LogP contribution in [0.25, 0.3) is 11.0 Å². The average molecular weight is 730 g/mol. The Morgan fingerprint density at radius 2 is 1.80 bits per heavy atom. The molecule has 2 fully saturated rings. The van der Waals surface area contributed by atoms with Crippen molar-refractivity contribution in [2.75, 3.05) is 32.6 Å². The predicted octanol–water partition coefficient (Wildman–Crippen LogP) is -4.21. The summed E-state index contributed by atoms with van der Waals surface area (Å²) < 4.78 is 22.8. The summed E-state index contributed by atoms with van der Waals surface area (Å²) in [5.41, 5.74) is 0.522. The number of carbonyl (C=O) groups excluding carboxylic acids is 3. The summed E-state index contributed by atoms with van der Waals surface area (Å²) in [5, 5.41) is 74.0. The largest absolute Gasteiger partial charge is 0.467 e. The van der Waals surface area contributed by atoms with Crippen LogP contribution in [0.4, 0.5) is 5.82 Å². The Morgan fingerprint density at radius 1 is 1.06 bits per heavy atom. The van der Waals surface area contributed by atoms with Crippen LogP contribution >= 0.6 is 12.2 Å². The zero-order valence-corrected chi connectivity index (χ0v) is 28.2. The third kappa shape index (κ3) is 8.80. The Balaban J connectivity index is 1.33. The van der Waals surface area contributed by atoms with Gasteiger partial charge in [-0.15, -0.1) is 0 Å². The standard InChI is InChI=1S/C29H43N7O13S/c1-12(38)34-16-21(17(39)15(10-37)47-27(16)45)48-28-20(42)18(40)19(41)22(49-28)25(43)31-8-5-4-6-14(26(44)46-3)35-29(50)36-9-7-13-23(30-2)32-11-33-24(13)36/h7,9,11,14-22,27-28,37,39-42,45H,4-6,8,10H2,1-3H3,(H,31,43)(H,34,38)(H,35,50)(H,30,32,33)/t14-,15?,16?,17?,18?,19?,20?,21?,22?,27?,28?/m0/s1. The van der Waals surface area contributed by atoms with Crippen LogP contribution in [0.5, 0.6) is 0 Å². The molecule has 21 heteroatoms. The van der Waals surface area contributed by atoms with Crippen molar-refractivity contribution in [3.63, 3.8) is 0 Å². The maximum absolute atomic E-state index is 13.0. The molecule has 2 aromatic heterocycles. The molecule has 11 atom stereocenters. The normalized spacial score (nSPS) is 30.3. The highest BCUT2D eigenvalue weighted by Crippen LogP contribution is 2.29. The molecule has 2 saturated heterocycles. The van der Waals surface area contributed by atoms with Crippen molar-refractivity contribution in [2.45, 2.75) is 93.6 Å². The van der Waals surface area contributed by atoms with Gasteiger partial charge >= 0.3 is 5.97 Å². The van der Waals surface area contributed by atoms with Crippen LogP contribution in [0.3, 0.4) is 0 Å². The van der Waals surface area contributed by atoms with E-state index in [2.05, 4.69) is 31.2 Å². The number of methoxy groups -OCH3 is 1. The van der Waals surface area contributed by atoms with Crippen LogP contribution < -0.4 is 21.3 Å². The van der Waals surface area contributed by atoms with Crippen LogP contribution in [0.15, 0.2) is 18.6 Å². The summed E-state index contributed by atoms with van der Waals surface area (Å²) in [6.07, 6.45) is -11.6. The van der Waals surface area contributed by atoms with Crippen LogP contribution in [0.1, 0.15) is 26.2 Å². The number of nitrogens with one attached hydrogen (secondary N) is 4. The van der Waals surface area contributed by atoms with Crippen molar-refractivity contribution < 1.29 is 64.0 Å². The lowest BCUT2D eigenvalue weighted by Crippen LogP contribution is -2.68. The number of thiocarbonyl (C=S) groups is 1. The van der Waals surface area contributed by atoms with E-state index >= 15 is 0 Å². The van der Waals surface area contributed by atoms with Crippen LogP contribution in [-0.4, -0.2) is 163 Å². The number of ether oxygens (including phenoxy) is 4. The van der Waals surface area contributed by atoms with Crippen molar-refractivity contribution in [3.8, 4) is 0 Å². The first-order valence-corrected chi connectivity index (χ1v) is 16.1. The number of unbranched alkanes of at least 4 members (excludes halogenated alkanes) is 1. The summed E-state index contributed by atoms with van der Waals surface area (Å²) in [4.78, 5) is 45.8. The molecule has 2 aromatic rings. The molecular weight excluding hydrogens is 686 g/mol. The van der Waals surface area contributed by atoms with Crippen LogP contribution in [-0.2, 0) is 33.3 Å². The first-order valence-electron chi connectivity index (χ1n) is 15.7. The van der Waals surface area contributed by atoms with E-state index in [9.17, 15) is 45.0 Å². The molecule has 50 heavy (non-hydrogen) atoms.